The Labute approximate surface area is 88.0 Å². The lowest BCUT2D eigenvalue weighted by Crippen LogP contribution is -2.19. The van der Waals surface area contributed by atoms with Crippen LogP contribution in [0.4, 0.5) is 0 Å². The van der Waals surface area contributed by atoms with E-state index in [1.165, 1.54) is 0 Å². The van der Waals surface area contributed by atoms with Gasteiger partial charge in [-0.3, -0.25) is 4.79 Å². The van der Waals surface area contributed by atoms with Gasteiger partial charge in [-0.05, 0) is 33.6 Å². The number of rotatable bonds is 7. The van der Waals surface area contributed by atoms with E-state index in [4.69, 9.17) is 4.74 Å². The van der Waals surface area contributed by atoms with Crippen LogP contribution in [0.15, 0.2) is 0 Å². The number of ketones is 1. The minimum atomic E-state index is -0.0285. The van der Waals surface area contributed by atoms with Gasteiger partial charge in [-0.25, -0.2) is 0 Å². The lowest BCUT2D eigenvalue weighted by Gasteiger charge is -2.19. The quantitative estimate of drug-likeness (QED) is 0.589. The summed E-state index contributed by atoms with van der Waals surface area (Å²) in [4.78, 5) is 11.0. The predicted octanol–water partition coefficient (Wildman–Crippen LogP) is 3.34. The topological polar surface area (TPSA) is 26.3 Å². The SMILES string of the molecule is CCC(=O)CCCCCOC(C)(C)C. The number of carbonyl (C=O) groups is 1. The molecule has 0 heterocycles. The van der Waals surface area contributed by atoms with Gasteiger partial charge in [-0.1, -0.05) is 13.3 Å². The van der Waals surface area contributed by atoms with Crippen molar-refractivity contribution in [1.82, 2.24) is 0 Å². The maximum absolute atomic E-state index is 11.0. The first-order chi connectivity index (χ1) is 6.45. The smallest absolute Gasteiger partial charge is 0.132 e. The van der Waals surface area contributed by atoms with Crippen molar-refractivity contribution >= 4 is 5.78 Å². The van der Waals surface area contributed by atoms with E-state index in [1.807, 2.05) is 6.92 Å². The van der Waals surface area contributed by atoms with Crippen LogP contribution in [0.3, 0.4) is 0 Å². The lowest BCUT2D eigenvalue weighted by molar-refractivity contribution is -0.118. The average Bonchev–Trinajstić information content (AvgIpc) is 2.08. The fraction of sp³-hybridized carbons (Fsp3) is 0.917. The number of hydrogen-bond donors (Lipinski definition) is 0. The highest BCUT2D eigenvalue weighted by molar-refractivity contribution is 5.77. The fourth-order valence-corrected chi connectivity index (χ4v) is 1.16. The maximum Gasteiger partial charge on any atom is 0.132 e. The largest absolute Gasteiger partial charge is 0.376 e. The summed E-state index contributed by atoms with van der Waals surface area (Å²) in [5, 5.41) is 0. The molecule has 0 aliphatic heterocycles. The zero-order valence-electron chi connectivity index (χ0n) is 10.1. The summed E-state index contributed by atoms with van der Waals surface area (Å²) in [6, 6.07) is 0. The molecule has 0 aromatic carbocycles. The van der Waals surface area contributed by atoms with Gasteiger partial charge < -0.3 is 4.74 Å². The number of Topliss-reactive ketones (excluding diaryl/α,β-unsaturated/α-hetero) is 1. The van der Waals surface area contributed by atoms with Crippen LogP contribution < -0.4 is 0 Å². The lowest BCUT2D eigenvalue weighted by atomic mass is 10.1. The van der Waals surface area contributed by atoms with Crippen LogP contribution >= 0.6 is 0 Å². The van der Waals surface area contributed by atoms with Gasteiger partial charge in [0.1, 0.15) is 5.78 Å². The summed E-state index contributed by atoms with van der Waals surface area (Å²) in [6.45, 7) is 8.92. The Balaban J connectivity index is 3.18. The normalized spacial score (nSPS) is 11.7. The molecule has 14 heavy (non-hydrogen) atoms. The molecule has 0 saturated carbocycles. The molecule has 0 aliphatic rings. The Hall–Kier alpha value is -0.370. The molecule has 0 aromatic heterocycles. The van der Waals surface area contributed by atoms with Crippen LogP contribution in [0.5, 0.6) is 0 Å². The van der Waals surface area contributed by atoms with E-state index in [0.717, 1.165) is 32.3 Å². The van der Waals surface area contributed by atoms with Crippen molar-refractivity contribution in [3.05, 3.63) is 0 Å². The van der Waals surface area contributed by atoms with Crippen LogP contribution in [-0.2, 0) is 9.53 Å². The van der Waals surface area contributed by atoms with Crippen LogP contribution in [0.25, 0.3) is 0 Å². The van der Waals surface area contributed by atoms with E-state index in [2.05, 4.69) is 20.8 Å². The van der Waals surface area contributed by atoms with Crippen LogP contribution in [0.2, 0.25) is 0 Å². The van der Waals surface area contributed by atoms with E-state index in [1.54, 1.807) is 0 Å². The third-order valence-corrected chi connectivity index (χ3v) is 2.03. The Kier molecular flexibility index (Phi) is 6.81. The van der Waals surface area contributed by atoms with Gasteiger partial charge in [0.05, 0.1) is 5.60 Å². The minimum absolute atomic E-state index is 0.0285. The van der Waals surface area contributed by atoms with Crippen molar-refractivity contribution < 1.29 is 9.53 Å². The highest BCUT2D eigenvalue weighted by Crippen LogP contribution is 2.09. The second-order valence-electron chi connectivity index (χ2n) is 4.66. The molecule has 0 aliphatic carbocycles. The van der Waals surface area contributed by atoms with Crippen molar-refractivity contribution in [2.75, 3.05) is 6.61 Å². The van der Waals surface area contributed by atoms with E-state index in [-0.39, 0.29) is 5.60 Å². The van der Waals surface area contributed by atoms with E-state index >= 15 is 0 Å². The average molecular weight is 200 g/mol. The first-order valence-corrected chi connectivity index (χ1v) is 5.61. The Morgan fingerprint density at radius 1 is 1.14 bits per heavy atom. The van der Waals surface area contributed by atoms with Crippen molar-refractivity contribution in [2.45, 2.75) is 65.4 Å². The van der Waals surface area contributed by atoms with Gasteiger partial charge in [0.25, 0.3) is 0 Å². The van der Waals surface area contributed by atoms with Gasteiger partial charge in [0.15, 0.2) is 0 Å². The Morgan fingerprint density at radius 2 is 1.79 bits per heavy atom. The summed E-state index contributed by atoms with van der Waals surface area (Å²) in [6.07, 6.45) is 4.60. The maximum atomic E-state index is 11.0. The van der Waals surface area contributed by atoms with Gasteiger partial charge in [-0.15, -0.1) is 0 Å². The van der Waals surface area contributed by atoms with Crippen molar-refractivity contribution in [2.24, 2.45) is 0 Å². The highest BCUT2D eigenvalue weighted by Gasteiger charge is 2.08. The van der Waals surface area contributed by atoms with Crippen molar-refractivity contribution in [3.63, 3.8) is 0 Å². The molecule has 0 atom stereocenters. The first kappa shape index (κ1) is 13.6. The molecule has 84 valence electrons. The molecule has 0 fully saturated rings. The van der Waals surface area contributed by atoms with Gasteiger partial charge in [-0.2, -0.15) is 0 Å². The number of unbranched alkanes of at least 4 members (excludes halogenated alkanes) is 2. The minimum Gasteiger partial charge on any atom is -0.376 e. The van der Waals surface area contributed by atoms with Gasteiger partial charge in [0.2, 0.25) is 0 Å². The molecule has 2 nitrogen and oxygen atoms in total. The van der Waals surface area contributed by atoms with Crippen LogP contribution in [-0.4, -0.2) is 18.0 Å². The zero-order chi connectivity index (χ0) is 11.0. The Morgan fingerprint density at radius 3 is 2.29 bits per heavy atom. The molecule has 0 radical (unpaired) electrons. The number of ether oxygens (including phenoxy) is 1. The summed E-state index contributed by atoms with van der Waals surface area (Å²) < 4.78 is 5.58. The number of carbonyl (C=O) groups excluding carboxylic acids is 1. The van der Waals surface area contributed by atoms with Crippen molar-refractivity contribution in [1.29, 1.82) is 0 Å². The molecule has 2 heteroatoms. The van der Waals surface area contributed by atoms with Crippen LogP contribution in [0.1, 0.15) is 59.8 Å². The molecular formula is C12H24O2. The molecule has 0 bridgehead atoms. The predicted molar refractivity (Wildman–Crippen MR) is 59.5 cm³/mol. The monoisotopic (exact) mass is 200 g/mol. The Bertz CT molecular complexity index is 156. The van der Waals surface area contributed by atoms with E-state index < -0.39 is 0 Å². The molecule has 0 spiro atoms. The molecule has 0 unspecified atom stereocenters. The third-order valence-electron chi connectivity index (χ3n) is 2.03. The number of hydrogen-bond acceptors (Lipinski definition) is 2. The molecule has 0 saturated heterocycles. The molecular weight excluding hydrogens is 176 g/mol. The summed E-state index contributed by atoms with van der Waals surface area (Å²) in [5.41, 5.74) is -0.0285. The second kappa shape index (κ2) is 6.99. The fourth-order valence-electron chi connectivity index (χ4n) is 1.16. The molecule has 0 N–H and O–H groups in total. The summed E-state index contributed by atoms with van der Waals surface area (Å²) in [7, 11) is 0. The van der Waals surface area contributed by atoms with Gasteiger partial charge in [0, 0.05) is 19.4 Å². The molecule has 0 rings (SSSR count). The van der Waals surface area contributed by atoms with E-state index in [0.29, 0.717) is 12.2 Å². The molecule has 0 amide bonds. The van der Waals surface area contributed by atoms with Crippen molar-refractivity contribution in [3.8, 4) is 0 Å². The zero-order valence-corrected chi connectivity index (χ0v) is 10.1. The highest BCUT2D eigenvalue weighted by atomic mass is 16.5. The molecule has 0 aromatic rings. The van der Waals surface area contributed by atoms with Crippen LogP contribution in [0, 0.1) is 0 Å². The summed E-state index contributed by atoms with van der Waals surface area (Å²) >= 11 is 0. The summed E-state index contributed by atoms with van der Waals surface area (Å²) in [5.74, 6) is 0.377. The third kappa shape index (κ3) is 9.72. The first-order valence-electron chi connectivity index (χ1n) is 5.61. The second-order valence-corrected chi connectivity index (χ2v) is 4.66. The van der Waals surface area contributed by atoms with Gasteiger partial charge >= 0.3 is 0 Å². The van der Waals surface area contributed by atoms with E-state index in [9.17, 15) is 4.79 Å². The standard InChI is InChI=1S/C12H24O2/c1-5-11(13)9-7-6-8-10-14-12(2,3)4/h5-10H2,1-4H3.